The number of Topliss-reactive ketones (excluding diaryl/α,β-unsaturated/α-hetero) is 4. The number of amides is 7. The number of carbonyl (C=O) groups is 13. The summed E-state index contributed by atoms with van der Waals surface area (Å²) in [6.07, 6.45) is -2.19. The van der Waals surface area contributed by atoms with E-state index in [-0.39, 0.29) is 67.6 Å². The maximum Gasteiger partial charge on any atom is 0.304 e. The molecule has 23 nitrogen and oxygen atoms in total. The summed E-state index contributed by atoms with van der Waals surface area (Å²) in [6.45, 7) is 9.15. The van der Waals surface area contributed by atoms with E-state index in [0.29, 0.717) is 29.9 Å². The Morgan fingerprint density at radius 3 is 2.05 bits per heavy atom. The lowest BCUT2D eigenvalue weighted by Crippen LogP contribution is -2.54. The molecule has 0 spiro atoms. The van der Waals surface area contributed by atoms with Gasteiger partial charge in [0.15, 0.2) is 23.1 Å². The van der Waals surface area contributed by atoms with Crippen LogP contribution >= 0.6 is 23.5 Å². The van der Waals surface area contributed by atoms with Gasteiger partial charge in [0.1, 0.15) is 11.8 Å². The van der Waals surface area contributed by atoms with Gasteiger partial charge in [0.2, 0.25) is 41.4 Å². The zero-order valence-corrected chi connectivity index (χ0v) is 50.9. The fraction of sp³-hybridized carbons (Fsp3) is 0.583. The molecule has 2 aliphatic rings. The number of rotatable bonds is 24. The number of likely N-dealkylation sites (tertiary alicyclic amines) is 1. The second-order valence-corrected chi connectivity index (χ2v) is 24.3. The van der Waals surface area contributed by atoms with E-state index in [0.717, 1.165) is 11.1 Å². The van der Waals surface area contributed by atoms with Gasteiger partial charge in [-0.3, -0.25) is 62.3 Å². The smallest absolute Gasteiger partial charge is 0.304 e. The summed E-state index contributed by atoms with van der Waals surface area (Å²) in [6, 6.07) is 7.46. The maximum absolute atomic E-state index is 14.8. The van der Waals surface area contributed by atoms with E-state index < -0.39 is 170 Å². The molecule has 2 aliphatic heterocycles. The molecule has 1 saturated heterocycles. The highest BCUT2D eigenvalue weighted by molar-refractivity contribution is 7.98. The van der Waals surface area contributed by atoms with E-state index in [1.807, 2.05) is 45.0 Å². The van der Waals surface area contributed by atoms with Gasteiger partial charge in [0.25, 0.3) is 0 Å². The monoisotopic (exact) mass is 1220 g/mol. The van der Waals surface area contributed by atoms with Crippen LogP contribution in [0.4, 0.5) is 0 Å². The fourth-order valence-corrected chi connectivity index (χ4v) is 12.1. The van der Waals surface area contributed by atoms with Crippen LogP contribution in [-0.4, -0.2) is 158 Å². The first kappa shape index (κ1) is 70.3. The number of carboxylic acid groups (broad SMARTS) is 2. The van der Waals surface area contributed by atoms with E-state index in [4.69, 9.17) is 0 Å². The summed E-state index contributed by atoms with van der Waals surface area (Å²) in [5.41, 5.74) is 2.22. The first-order chi connectivity index (χ1) is 40.3. The number of nitrogens with zero attached hydrogens (tertiary/aromatic N) is 1. The van der Waals surface area contributed by atoms with Gasteiger partial charge in [-0.1, -0.05) is 77.4 Å². The third kappa shape index (κ3) is 24.0. The zero-order valence-electron chi connectivity index (χ0n) is 49.2. The molecule has 466 valence electrons. The normalized spacial score (nSPS) is 21.3. The second kappa shape index (κ2) is 35.3. The average Bonchev–Trinajstić information content (AvgIpc) is 3.62. The number of fused-ring (bicyclic) bond motifs is 2. The average molecular weight is 1220 g/mol. The molecule has 0 radical (unpaired) electrons. The highest BCUT2D eigenvalue weighted by Crippen LogP contribution is 2.28. The molecule has 0 aliphatic carbocycles. The lowest BCUT2D eigenvalue weighted by Gasteiger charge is -2.30. The van der Waals surface area contributed by atoms with Crippen molar-refractivity contribution < 1.29 is 77.6 Å². The molecule has 9 N–H and O–H groups in total. The molecule has 4 rings (SSSR count). The Bertz CT molecular complexity index is 2730. The minimum Gasteiger partial charge on any atom is -0.508 e. The number of thioether (sulfide) groups is 2. The number of phenols is 1. The topological polar surface area (TPSA) is 358 Å². The number of benzene rings is 2. The van der Waals surface area contributed by atoms with Crippen LogP contribution in [0.1, 0.15) is 129 Å². The molecule has 2 aromatic carbocycles. The first-order valence-electron chi connectivity index (χ1n) is 28.9. The minimum atomic E-state index is -1.39. The zero-order chi connectivity index (χ0) is 62.9. The number of carboxylic acids is 2. The standard InChI is InChI=1S/C60H83N7O16S2/c1-7-35(5)43-27-51(72)47(33-85-31-39-12-9-11-38(22-39)30-84-32-46(49(70)8-2)65-58(81)41(26-56(78)79)25-50(71)44(21-34(3)4)64-59(43)82)66-57(80)40(16-19-55(76)77)24-52(73)48-13-10-20-67(48)60(83)45(23-37-14-17-42(69)18-15-37)63-54(75)29-62-53(74)28-61-36(6)68/h9,11-12,14-15,17-18,22,34-35,40-41,43-48,69H,7-8,10,13,16,19-21,23-33H2,1-6H3,(H,61,68)(H,62,74)(H,63,75)(H,64,82)(H,65,81)(H,66,80)(H,76,77)(H,78,79)/t35-,40?,41-,43?,44-,45-,46-,47?,48-/m0/s1. The molecular formula is C60H83N7O16S2. The minimum absolute atomic E-state index is 0.0318. The van der Waals surface area contributed by atoms with Gasteiger partial charge < -0.3 is 52.1 Å². The quantitative estimate of drug-likeness (QED) is 0.0727. The highest BCUT2D eigenvalue weighted by atomic mass is 32.2. The molecule has 1 fully saturated rings. The Kier molecular flexibility index (Phi) is 29.2. The third-order valence-electron chi connectivity index (χ3n) is 15.0. The lowest BCUT2D eigenvalue weighted by molar-refractivity contribution is -0.143. The number of aromatic hydroxyl groups is 1. The molecule has 0 saturated carbocycles. The van der Waals surface area contributed by atoms with Gasteiger partial charge in [-0.15, -0.1) is 0 Å². The van der Waals surface area contributed by atoms with Crippen LogP contribution in [0.15, 0.2) is 48.5 Å². The van der Waals surface area contributed by atoms with Crippen LogP contribution in [0.25, 0.3) is 0 Å². The van der Waals surface area contributed by atoms with Crippen molar-refractivity contribution >= 4 is 99.9 Å². The second-order valence-electron chi connectivity index (χ2n) is 22.3. The van der Waals surface area contributed by atoms with Crippen molar-refractivity contribution in [2.24, 2.45) is 29.6 Å². The van der Waals surface area contributed by atoms with Crippen LogP contribution in [0.2, 0.25) is 0 Å². The Balaban J connectivity index is 1.68. The van der Waals surface area contributed by atoms with Crippen LogP contribution in [0.3, 0.4) is 0 Å². The first-order valence-corrected chi connectivity index (χ1v) is 31.2. The molecule has 9 atom stereocenters. The number of hydrogen-bond donors (Lipinski definition) is 9. The summed E-state index contributed by atoms with van der Waals surface area (Å²) < 4.78 is 0. The number of ketones is 4. The van der Waals surface area contributed by atoms with Crippen molar-refractivity contribution in [1.82, 2.24) is 36.8 Å². The molecule has 2 heterocycles. The number of nitrogens with one attached hydrogen (secondary N) is 6. The molecule has 85 heavy (non-hydrogen) atoms. The van der Waals surface area contributed by atoms with Crippen molar-refractivity contribution in [3.8, 4) is 5.75 Å². The van der Waals surface area contributed by atoms with Crippen molar-refractivity contribution in [2.75, 3.05) is 31.1 Å². The SMILES string of the molecule is CCC(=O)[C@@H]1CSCc2cccc(c2)CSCC(NC(=O)C(CCC(=O)O)CC(=O)[C@@H]2CCCN2C(=O)[C@H](Cc2ccc(O)cc2)NC(=O)CNC(=O)CNC(C)=O)C(=O)CC([C@@H](C)CC)C(=O)N[C@@H](CC(C)C)C(=O)C[C@@H](CC(=O)O)C(=O)N1. The van der Waals surface area contributed by atoms with E-state index >= 15 is 0 Å². The van der Waals surface area contributed by atoms with Crippen LogP contribution in [0, 0.1) is 29.6 Å². The molecule has 25 heteroatoms. The summed E-state index contributed by atoms with van der Waals surface area (Å²) in [4.78, 5) is 176. The molecule has 2 bridgehead atoms. The van der Waals surface area contributed by atoms with Gasteiger partial charge in [-0.05, 0) is 66.3 Å². The van der Waals surface area contributed by atoms with Gasteiger partial charge in [0.05, 0.1) is 49.6 Å². The Hall–Kier alpha value is -7.15. The number of aliphatic carboxylic acids is 2. The molecule has 2 aromatic rings. The van der Waals surface area contributed by atoms with E-state index in [1.54, 1.807) is 13.8 Å². The van der Waals surface area contributed by atoms with Crippen LogP contribution in [-0.2, 0) is 80.3 Å². The predicted octanol–water partition coefficient (Wildman–Crippen LogP) is 3.43. The predicted molar refractivity (Wildman–Crippen MR) is 317 cm³/mol. The Morgan fingerprint density at radius 1 is 0.776 bits per heavy atom. The summed E-state index contributed by atoms with van der Waals surface area (Å²) in [7, 11) is 0. The van der Waals surface area contributed by atoms with Crippen molar-refractivity contribution in [3.63, 3.8) is 0 Å². The van der Waals surface area contributed by atoms with E-state index in [2.05, 4.69) is 31.9 Å². The Morgan fingerprint density at radius 2 is 1.44 bits per heavy atom. The summed E-state index contributed by atoms with van der Waals surface area (Å²) >= 11 is 2.66. The molecule has 0 aromatic heterocycles. The molecule has 3 unspecified atom stereocenters. The molecule has 7 amide bonds. The number of carbonyl (C=O) groups excluding carboxylic acids is 11. The van der Waals surface area contributed by atoms with Crippen molar-refractivity contribution in [2.45, 2.75) is 160 Å². The fourth-order valence-electron chi connectivity index (χ4n) is 10.1. The van der Waals surface area contributed by atoms with Gasteiger partial charge in [-0.2, -0.15) is 23.5 Å². The van der Waals surface area contributed by atoms with Crippen molar-refractivity contribution in [1.29, 1.82) is 0 Å². The van der Waals surface area contributed by atoms with Crippen molar-refractivity contribution in [3.05, 3.63) is 65.2 Å². The summed E-state index contributed by atoms with van der Waals surface area (Å²) in [5.74, 6) is -13.2. The van der Waals surface area contributed by atoms with Crippen LogP contribution in [0.5, 0.6) is 5.75 Å². The van der Waals surface area contributed by atoms with E-state index in [1.165, 1.54) is 59.6 Å². The van der Waals surface area contributed by atoms with Gasteiger partial charge >= 0.3 is 11.9 Å². The highest BCUT2D eigenvalue weighted by Gasteiger charge is 2.41. The Labute approximate surface area is 504 Å². The van der Waals surface area contributed by atoms with E-state index in [9.17, 15) is 77.6 Å². The third-order valence-corrected chi connectivity index (χ3v) is 17.2. The largest absolute Gasteiger partial charge is 0.508 e. The summed E-state index contributed by atoms with van der Waals surface area (Å²) in [5, 5.41) is 45.2. The van der Waals surface area contributed by atoms with Crippen LogP contribution < -0.4 is 31.9 Å². The van der Waals surface area contributed by atoms with Gasteiger partial charge in [0, 0.05) is 86.8 Å². The number of phenolic OH excluding ortho intramolecular Hbond substituents is 1. The maximum atomic E-state index is 14.8. The number of hydrogen-bond acceptors (Lipinski definition) is 16. The van der Waals surface area contributed by atoms with Gasteiger partial charge in [-0.25, -0.2) is 0 Å². The lowest BCUT2D eigenvalue weighted by atomic mass is 9.84. The molecular weight excluding hydrogens is 1140 g/mol.